The van der Waals surface area contributed by atoms with Crippen LogP contribution in [0, 0.1) is 6.92 Å². The summed E-state index contributed by atoms with van der Waals surface area (Å²) in [5, 5.41) is 6.06. The number of ether oxygens (including phenoxy) is 1. The van der Waals surface area contributed by atoms with Crippen LogP contribution in [0.15, 0.2) is 78.5 Å². The molecule has 0 aliphatic heterocycles. The summed E-state index contributed by atoms with van der Waals surface area (Å²) in [6, 6.07) is 21.0. The number of nitrogens with one attached hydrogen (secondary N) is 2. The molecule has 2 N–H and O–H groups in total. The average Bonchev–Trinajstić information content (AvgIpc) is 2.75. The molecular weight excluding hydrogens is 400 g/mol. The number of amides is 2. The van der Waals surface area contributed by atoms with Crippen LogP contribution in [0.1, 0.15) is 21.5 Å². The number of anilines is 1. The zero-order chi connectivity index (χ0) is 21.5. The molecule has 3 aromatic carbocycles. The second-order valence-corrected chi connectivity index (χ2v) is 7.05. The van der Waals surface area contributed by atoms with Crippen molar-refractivity contribution in [2.24, 2.45) is 0 Å². The lowest BCUT2D eigenvalue weighted by atomic mass is 10.1. The number of methoxy groups -OCH3 is 1. The highest BCUT2D eigenvalue weighted by molar-refractivity contribution is 6.30. The lowest BCUT2D eigenvalue weighted by Gasteiger charge is -2.12. The van der Waals surface area contributed by atoms with Crippen molar-refractivity contribution in [2.75, 3.05) is 12.4 Å². The van der Waals surface area contributed by atoms with E-state index in [9.17, 15) is 9.59 Å². The fraction of sp³-hybridized carbons (Fsp3) is 0.0833. The van der Waals surface area contributed by atoms with Crippen LogP contribution in [0.2, 0.25) is 5.02 Å². The number of benzene rings is 3. The quantitative estimate of drug-likeness (QED) is 0.547. The van der Waals surface area contributed by atoms with Crippen LogP contribution < -0.4 is 15.4 Å². The first-order chi connectivity index (χ1) is 14.4. The Morgan fingerprint density at radius 2 is 1.67 bits per heavy atom. The molecule has 0 atom stereocenters. The van der Waals surface area contributed by atoms with E-state index in [-0.39, 0.29) is 11.6 Å². The molecule has 0 radical (unpaired) electrons. The van der Waals surface area contributed by atoms with E-state index in [0.29, 0.717) is 22.0 Å². The molecule has 0 aromatic heterocycles. The zero-order valence-electron chi connectivity index (χ0n) is 16.6. The summed E-state index contributed by atoms with van der Waals surface area (Å²) in [6.45, 7) is 1.90. The second-order valence-electron chi connectivity index (χ2n) is 6.62. The molecule has 0 spiro atoms. The van der Waals surface area contributed by atoms with Gasteiger partial charge in [0.25, 0.3) is 11.8 Å². The van der Waals surface area contributed by atoms with Gasteiger partial charge < -0.3 is 15.4 Å². The first kappa shape index (κ1) is 21.1. The van der Waals surface area contributed by atoms with Gasteiger partial charge in [-0.1, -0.05) is 41.4 Å². The van der Waals surface area contributed by atoms with E-state index in [1.165, 1.54) is 0 Å². The predicted octanol–water partition coefficient (Wildman–Crippen LogP) is 5.07. The van der Waals surface area contributed by atoms with Crippen molar-refractivity contribution in [3.63, 3.8) is 0 Å². The third-order valence-corrected chi connectivity index (χ3v) is 4.55. The lowest BCUT2D eigenvalue weighted by Crippen LogP contribution is -2.30. The van der Waals surface area contributed by atoms with Crippen molar-refractivity contribution in [2.45, 2.75) is 6.92 Å². The minimum Gasteiger partial charge on any atom is -0.497 e. The van der Waals surface area contributed by atoms with Crippen LogP contribution in [-0.2, 0) is 4.79 Å². The number of carbonyl (C=O) groups excluding carboxylic acids is 2. The lowest BCUT2D eigenvalue weighted by molar-refractivity contribution is -0.113. The molecule has 0 heterocycles. The number of halogens is 1. The number of rotatable bonds is 6. The molecule has 3 rings (SSSR count). The van der Waals surface area contributed by atoms with E-state index in [4.69, 9.17) is 16.3 Å². The van der Waals surface area contributed by atoms with Gasteiger partial charge in [-0.15, -0.1) is 0 Å². The average molecular weight is 421 g/mol. The van der Waals surface area contributed by atoms with Crippen LogP contribution in [0.5, 0.6) is 5.75 Å². The van der Waals surface area contributed by atoms with E-state index >= 15 is 0 Å². The highest BCUT2D eigenvalue weighted by atomic mass is 35.5. The van der Waals surface area contributed by atoms with E-state index in [0.717, 1.165) is 11.1 Å². The van der Waals surface area contributed by atoms with Crippen molar-refractivity contribution in [1.82, 2.24) is 5.32 Å². The summed E-state index contributed by atoms with van der Waals surface area (Å²) in [6.07, 6.45) is 1.61. The fourth-order valence-electron chi connectivity index (χ4n) is 2.74. The monoisotopic (exact) mass is 420 g/mol. The van der Waals surface area contributed by atoms with Crippen molar-refractivity contribution in [3.8, 4) is 5.75 Å². The summed E-state index contributed by atoms with van der Waals surface area (Å²) >= 11 is 5.90. The van der Waals surface area contributed by atoms with Crippen molar-refractivity contribution in [3.05, 3.63) is 100 Å². The zero-order valence-corrected chi connectivity index (χ0v) is 17.4. The van der Waals surface area contributed by atoms with Crippen LogP contribution in [0.25, 0.3) is 6.08 Å². The predicted molar refractivity (Wildman–Crippen MR) is 120 cm³/mol. The minimum absolute atomic E-state index is 0.113. The molecule has 0 fully saturated rings. The molecular formula is C24H21ClN2O3. The summed E-state index contributed by atoms with van der Waals surface area (Å²) < 4.78 is 5.16. The van der Waals surface area contributed by atoms with Gasteiger partial charge in [0.15, 0.2) is 0 Å². The van der Waals surface area contributed by atoms with Gasteiger partial charge in [-0.3, -0.25) is 9.59 Å². The van der Waals surface area contributed by atoms with E-state index in [1.54, 1.807) is 79.9 Å². The molecule has 152 valence electrons. The summed E-state index contributed by atoms with van der Waals surface area (Å²) in [5.41, 5.74) is 2.84. The summed E-state index contributed by atoms with van der Waals surface area (Å²) in [5.74, 6) is -0.123. The SMILES string of the molecule is COc1ccc(C=C(NC(=O)c2cccc(C)c2)C(=O)Nc2ccc(Cl)cc2)cc1. The minimum atomic E-state index is -0.450. The Bertz CT molecular complexity index is 1070. The Kier molecular flexibility index (Phi) is 6.88. The molecule has 3 aromatic rings. The molecule has 5 nitrogen and oxygen atoms in total. The Morgan fingerprint density at radius 1 is 0.967 bits per heavy atom. The van der Waals surface area contributed by atoms with Gasteiger partial charge >= 0.3 is 0 Å². The smallest absolute Gasteiger partial charge is 0.272 e. The number of hydrogen-bond acceptors (Lipinski definition) is 3. The van der Waals surface area contributed by atoms with Crippen molar-refractivity contribution >= 4 is 35.2 Å². The van der Waals surface area contributed by atoms with Gasteiger partial charge in [-0.2, -0.15) is 0 Å². The number of aryl methyl sites for hydroxylation is 1. The molecule has 0 unspecified atom stereocenters. The van der Waals surface area contributed by atoms with Crippen LogP contribution >= 0.6 is 11.6 Å². The van der Waals surface area contributed by atoms with Crippen molar-refractivity contribution < 1.29 is 14.3 Å². The van der Waals surface area contributed by atoms with E-state index in [1.807, 2.05) is 13.0 Å². The maximum atomic E-state index is 12.9. The first-order valence-electron chi connectivity index (χ1n) is 9.25. The Hall–Kier alpha value is -3.57. The molecule has 0 aliphatic carbocycles. The fourth-order valence-corrected chi connectivity index (χ4v) is 2.86. The highest BCUT2D eigenvalue weighted by Crippen LogP contribution is 2.17. The normalized spacial score (nSPS) is 11.0. The topological polar surface area (TPSA) is 67.4 Å². The Labute approximate surface area is 180 Å². The third kappa shape index (κ3) is 5.72. The highest BCUT2D eigenvalue weighted by Gasteiger charge is 2.15. The third-order valence-electron chi connectivity index (χ3n) is 4.30. The van der Waals surface area contributed by atoms with Gasteiger partial charge in [0, 0.05) is 16.3 Å². The maximum absolute atomic E-state index is 12.9. The standard InChI is InChI=1S/C24H21ClN2O3/c1-16-4-3-5-18(14-16)23(28)27-22(15-17-6-12-21(30-2)13-7-17)24(29)26-20-10-8-19(25)9-11-20/h3-15H,1-2H3,(H,26,29)(H,27,28). The van der Waals surface area contributed by atoms with Gasteiger partial charge in [0.2, 0.25) is 0 Å². The van der Waals surface area contributed by atoms with Gasteiger partial charge in [0.1, 0.15) is 11.4 Å². The number of carbonyl (C=O) groups is 2. The maximum Gasteiger partial charge on any atom is 0.272 e. The van der Waals surface area contributed by atoms with Crippen LogP contribution in [-0.4, -0.2) is 18.9 Å². The largest absolute Gasteiger partial charge is 0.497 e. The molecule has 30 heavy (non-hydrogen) atoms. The molecule has 0 saturated carbocycles. The first-order valence-corrected chi connectivity index (χ1v) is 9.63. The van der Waals surface area contributed by atoms with Crippen LogP contribution in [0.3, 0.4) is 0 Å². The summed E-state index contributed by atoms with van der Waals surface area (Å²) in [4.78, 5) is 25.6. The van der Waals surface area contributed by atoms with Gasteiger partial charge in [0.05, 0.1) is 7.11 Å². The molecule has 0 bridgehead atoms. The second kappa shape index (κ2) is 9.76. The molecule has 0 aliphatic rings. The molecule has 2 amide bonds. The summed E-state index contributed by atoms with van der Waals surface area (Å²) in [7, 11) is 1.58. The molecule has 6 heteroatoms. The van der Waals surface area contributed by atoms with Crippen LogP contribution in [0.4, 0.5) is 5.69 Å². The van der Waals surface area contributed by atoms with Crippen molar-refractivity contribution in [1.29, 1.82) is 0 Å². The Balaban J connectivity index is 1.88. The Morgan fingerprint density at radius 3 is 2.30 bits per heavy atom. The van der Waals surface area contributed by atoms with Gasteiger partial charge in [-0.05, 0) is 67.1 Å². The molecule has 0 saturated heterocycles. The van der Waals surface area contributed by atoms with E-state index < -0.39 is 5.91 Å². The number of hydrogen-bond donors (Lipinski definition) is 2. The van der Waals surface area contributed by atoms with Gasteiger partial charge in [-0.25, -0.2) is 0 Å². The van der Waals surface area contributed by atoms with E-state index in [2.05, 4.69) is 10.6 Å².